The standard InChI is InChI=1S/C18H20N4O6/c1-20-12-5-3-2-4-10(12)11(19-20)8-22-14(24)6-7-21(18(22)27)17-16(26)15(25)13(9-23)28-17/h2-7,13,15-17,23,25-26H,8-9H2,1H3/t13-,15+,16+,17-/m1/s1. The Morgan fingerprint density at radius 2 is 1.89 bits per heavy atom. The zero-order valence-electron chi connectivity index (χ0n) is 15.0. The number of benzene rings is 1. The maximum absolute atomic E-state index is 12.9. The summed E-state index contributed by atoms with van der Waals surface area (Å²) >= 11 is 0. The molecule has 4 rings (SSSR count). The molecule has 0 saturated carbocycles. The van der Waals surface area contributed by atoms with Crippen LogP contribution in [0, 0.1) is 0 Å². The Morgan fingerprint density at radius 3 is 2.61 bits per heavy atom. The van der Waals surface area contributed by atoms with E-state index in [1.807, 2.05) is 24.3 Å². The second kappa shape index (κ2) is 6.99. The molecule has 28 heavy (non-hydrogen) atoms. The third kappa shape index (κ3) is 2.87. The molecule has 1 saturated heterocycles. The lowest BCUT2D eigenvalue weighted by Gasteiger charge is -2.18. The van der Waals surface area contributed by atoms with Gasteiger partial charge in [0.1, 0.15) is 18.3 Å². The molecule has 10 heteroatoms. The van der Waals surface area contributed by atoms with Crippen LogP contribution in [0.15, 0.2) is 46.1 Å². The van der Waals surface area contributed by atoms with Crippen LogP contribution in [0.5, 0.6) is 0 Å². The first kappa shape index (κ1) is 18.6. The van der Waals surface area contributed by atoms with Crippen LogP contribution in [-0.4, -0.2) is 59.2 Å². The van der Waals surface area contributed by atoms with Gasteiger partial charge >= 0.3 is 5.69 Å². The summed E-state index contributed by atoms with van der Waals surface area (Å²) in [6.07, 6.45) is -3.80. The maximum atomic E-state index is 12.9. The van der Waals surface area contributed by atoms with Gasteiger partial charge < -0.3 is 20.1 Å². The van der Waals surface area contributed by atoms with Crippen molar-refractivity contribution >= 4 is 10.9 Å². The van der Waals surface area contributed by atoms with E-state index in [0.717, 1.165) is 20.0 Å². The number of hydrogen-bond acceptors (Lipinski definition) is 7. The summed E-state index contributed by atoms with van der Waals surface area (Å²) < 4.78 is 9.10. The van der Waals surface area contributed by atoms with Gasteiger partial charge in [0.2, 0.25) is 0 Å². The van der Waals surface area contributed by atoms with Gasteiger partial charge in [-0.1, -0.05) is 18.2 Å². The van der Waals surface area contributed by atoms with Gasteiger partial charge in [0, 0.05) is 24.7 Å². The molecular weight excluding hydrogens is 368 g/mol. The quantitative estimate of drug-likeness (QED) is 0.499. The Morgan fingerprint density at radius 1 is 1.14 bits per heavy atom. The monoisotopic (exact) mass is 388 g/mol. The largest absolute Gasteiger partial charge is 0.394 e. The highest BCUT2D eigenvalue weighted by molar-refractivity contribution is 5.81. The van der Waals surface area contributed by atoms with Crippen LogP contribution in [0.4, 0.5) is 0 Å². The smallest absolute Gasteiger partial charge is 0.333 e. The second-order valence-corrected chi connectivity index (χ2v) is 6.75. The zero-order chi connectivity index (χ0) is 20.0. The minimum atomic E-state index is -1.42. The minimum absolute atomic E-state index is 0.0609. The number of aliphatic hydroxyl groups is 3. The lowest BCUT2D eigenvalue weighted by molar-refractivity contribution is -0.0555. The summed E-state index contributed by atoms with van der Waals surface area (Å²) in [7, 11) is 1.77. The predicted molar refractivity (Wildman–Crippen MR) is 97.8 cm³/mol. The average Bonchev–Trinajstić information content (AvgIpc) is 3.16. The van der Waals surface area contributed by atoms with Gasteiger partial charge in [0.25, 0.3) is 5.56 Å². The topological polar surface area (TPSA) is 132 Å². The van der Waals surface area contributed by atoms with E-state index >= 15 is 0 Å². The molecule has 3 N–H and O–H groups in total. The Kier molecular flexibility index (Phi) is 4.63. The van der Waals surface area contributed by atoms with Crippen LogP contribution in [0.3, 0.4) is 0 Å². The number of fused-ring (bicyclic) bond motifs is 1. The molecule has 1 aliphatic heterocycles. The molecule has 3 heterocycles. The summed E-state index contributed by atoms with van der Waals surface area (Å²) in [5, 5.41) is 34.6. The van der Waals surface area contributed by atoms with Gasteiger partial charge in [-0.2, -0.15) is 5.10 Å². The van der Waals surface area contributed by atoms with Crippen molar-refractivity contribution in [2.45, 2.75) is 31.1 Å². The molecule has 3 aromatic rings. The number of nitrogens with zero attached hydrogens (tertiary/aromatic N) is 4. The van der Waals surface area contributed by atoms with E-state index in [1.165, 1.54) is 12.3 Å². The molecule has 10 nitrogen and oxygen atoms in total. The second-order valence-electron chi connectivity index (χ2n) is 6.75. The summed E-state index contributed by atoms with van der Waals surface area (Å²) in [6.45, 7) is -0.572. The molecule has 148 valence electrons. The van der Waals surface area contributed by atoms with E-state index in [2.05, 4.69) is 5.10 Å². The fourth-order valence-corrected chi connectivity index (χ4v) is 3.54. The number of ether oxygens (including phenoxy) is 1. The Balaban J connectivity index is 1.76. The molecule has 0 radical (unpaired) electrons. The molecular formula is C18H20N4O6. The molecule has 4 atom stereocenters. The average molecular weight is 388 g/mol. The van der Waals surface area contributed by atoms with Crippen molar-refractivity contribution < 1.29 is 20.1 Å². The maximum Gasteiger partial charge on any atom is 0.333 e. The number of aryl methyl sites for hydroxylation is 1. The van der Waals surface area contributed by atoms with Crippen LogP contribution in [0.2, 0.25) is 0 Å². The van der Waals surface area contributed by atoms with Gasteiger partial charge in [0.05, 0.1) is 24.4 Å². The number of hydrogen-bond donors (Lipinski definition) is 3. The van der Waals surface area contributed by atoms with E-state index in [0.29, 0.717) is 5.69 Å². The Hall–Kier alpha value is -2.79. The van der Waals surface area contributed by atoms with Gasteiger partial charge in [-0.25, -0.2) is 4.79 Å². The number of para-hydroxylation sites is 1. The van der Waals surface area contributed by atoms with Crippen molar-refractivity contribution in [1.29, 1.82) is 0 Å². The van der Waals surface area contributed by atoms with E-state index in [1.54, 1.807) is 11.7 Å². The molecule has 1 fully saturated rings. The van der Waals surface area contributed by atoms with Crippen LogP contribution < -0.4 is 11.2 Å². The number of aromatic nitrogens is 4. The van der Waals surface area contributed by atoms with Crippen LogP contribution in [-0.2, 0) is 18.3 Å². The summed E-state index contributed by atoms with van der Waals surface area (Å²) in [5.41, 5.74) is 0.182. The van der Waals surface area contributed by atoms with Crippen molar-refractivity contribution in [3.63, 3.8) is 0 Å². The van der Waals surface area contributed by atoms with Gasteiger partial charge in [-0.05, 0) is 6.07 Å². The van der Waals surface area contributed by atoms with E-state index in [4.69, 9.17) is 4.74 Å². The van der Waals surface area contributed by atoms with Crippen molar-refractivity contribution in [1.82, 2.24) is 18.9 Å². The normalized spacial score (nSPS) is 24.9. The molecule has 0 aliphatic carbocycles. The highest BCUT2D eigenvalue weighted by atomic mass is 16.6. The lowest BCUT2D eigenvalue weighted by Crippen LogP contribution is -2.43. The fraction of sp³-hybridized carbons (Fsp3) is 0.389. The first-order valence-electron chi connectivity index (χ1n) is 8.77. The SMILES string of the molecule is Cn1nc(Cn2c(=O)ccn([C@@H]3O[C@H](CO)[C@H](O)[C@@H]3O)c2=O)c2ccccc21. The van der Waals surface area contributed by atoms with Crippen LogP contribution in [0.25, 0.3) is 10.9 Å². The summed E-state index contributed by atoms with van der Waals surface area (Å²) in [5.74, 6) is 0. The molecule has 0 spiro atoms. The zero-order valence-corrected chi connectivity index (χ0v) is 15.0. The van der Waals surface area contributed by atoms with Gasteiger partial charge in [-0.3, -0.25) is 18.6 Å². The van der Waals surface area contributed by atoms with Gasteiger partial charge in [0.15, 0.2) is 6.23 Å². The number of rotatable bonds is 4. The predicted octanol–water partition coefficient (Wildman–Crippen LogP) is -1.44. The lowest BCUT2D eigenvalue weighted by atomic mass is 10.1. The van der Waals surface area contributed by atoms with E-state index < -0.39 is 42.4 Å². The van der Waals surface area contributed by atoms with E-state index in [9.17, 15) is 24.9 Å². The molecule has 0 amide bonds. The fourth-order valence-electron chi connectivity index (χ4n) is 3.54. The Labute approximate surface area is 158 Å². The summed E-state index contributed by atoms with van der Waals surface area (Å²) in [4.78, 5) is 25.3. The van der Waals surface area contributed by atoms with Crippen molar-refractivity contribution in [3.8, 4) is 0 Å². The molecule has 1 aliphatic rings. The first-order valence-corrected chi connectivity index (χ1v) is 8.77. The highest BCUT2D eigenvalue weighted by Gasteiger charge is 2.43. The third-order valence-electron chi connectivity index (χ3n) is 5.03. The number of aliphatic hydroxyl groups excluding tert-OH is 3. The van der Waals surface area contributed by atoms with Gasteiger partial charge in [-0.15, -0.1) is 0 Å². The highest BCUT2D eigenvalue weighted by Crippen LogP contribution is 2.27. The summed E-state index contributed by atoms with van der Waals surface area (Å²) in [6, 6.07) is 8.64. The van der Waals surface area contributed by atoms with Crippen LogP contribution >= 0.6 is 0 Å². The van der Waals surface area contributed by atoms with E-state index in [-0.39, 0.29) is 6.54 Å². The first-order chi connectivity index (χ1) is 13.4. The van der Waals surface area contributed by atoms with Crippen LogP contribution in [0.1, 0.15) is 11.9 Å². The van der Waals surface area contributed by atoms with Crippen molar-refractivity contribution in [3.05, 3.63) is 63.1 Å². The Bertz CT molecular complexity index is 1130. The molecule has 1 aromatic carbocycles. The van der Waals surface area contributed by atoms with Crippen molar-refractivity contribution in [2.24, 2.45) is 7.05 Å². The minimum Gasteiger partial charge on any atom is -0.394 e. The third-order valence-corrected chi connectivity index (χ3v) is 5.03. The van der Waals surface area contributed by atoms with Crippen molar-refractivity contribution in [2.75, 3.05) is 6.61 Å². The molecule has 0 unspecified atom stereocenters. The molecule has 2 aromatic heterocycles. The molecule has 0 bridgehead atoms.